The average molecular weight is 182 g/mol. The van der Waals surface area contributed by atoms with Crippen molar-refractivity contribution in [3.05, 3.63) is 11.6 Å². The lowest BCUT2D eigenvalue weighted by Crippen LogP contribution is -2.37. The van der Waals surface area contributed by atoms with Crippen LogP contribution >= 0.6 is 0 Å². The first-order valence-corrected chi connectivity index (χ1v) is 4.71. The molecule has 0 fully saturated rings. The lowest BCUT2D eigenvalue weighted by Gasteiger charge is -2.38. The van der Waals surface area contributed by atoms with E-state index in [1.807, 2.05) is 20.8 Å². The van der Waals surface area contributed by atoms with E-state index in [2.05, 4.69) is 0 Å². The first-order valence-electron chi connectivity index (χ1n) is 4.71. The Kier molecular flexibility index (Phi) is 2.62. The number of rotatable bonds is 1. The Bertz CT molecular complexity index is 251. The monoisotopic (exact) mass is 182 g/mol. The predicted molar refractivity (Wildman–Crippen MR) is 52.3 cm³/mol. The minimum atomic E-state index is -0.384. The van der Waals surface area contributed by atoms with Gasteiger partial charge in [0.2, 0.25) is 0 Å². The van der Waals surface area contributed by atoms with E-state index in [9.17, 15) is 9.90 Å². The van der Waals surface area contributed by atoms with E-state index in [4.69, 9.17) is 0 Å². The van der Waals surface area contributed by atoms with Gasteiger partial charge in [-0.1, -0.05) is 25.5 Å². The zero-order chi connectivity index (χ0) is 10.2. The van der Waals surface area contributed by atoms with Crippen LogP contribution in [0.2, 0.25) is 0 Å². The SMILES string of the molecule is CC(=O)C1C(C)=CC(O)CC1(C)C. The number of carbonyl (C=O) groups excluding carboxylic acids is 1. The summed E-state index contributed by atoms with van der Waals surface area (Å²) < 4.78 is 0. The van der Waals surface area contributed by atoms with Crippen LogP contribution in [-0.4, -0.2) is 17.0 Å². The molecule has 0 saturated carbocycles. The minimum Gasteiger partial charge on any atom is -0.389 e. The van der Waals surface area contributed by atoms with Gasteiger partial charge in [-0.15, -0.1) is 0 Å². The smallest absolute Gasteiger partial charge is 0.137 e. The van der Waals surface area contributed by atoms with Crippen molar-refractivity contribution in [2.24, 2.45) is 11.3 Å². The highest BCUT2D eigenvalue weighted by Gasteiger charge is 2.38. The fourth-order valence-corrected chi connectivity index (χ4v) is 2.60. The van der Waals surface area contributed by atoms with Gasteiger partial charge in [-0.25, -0.2) is 0 Å². The van der Waals surface area contributed by atoms with Gasteiger partial charge in [0.05, 0.1) is 6.10 Å². The number of aliphatic hydroxyl groups is 1. The second-order valence-corrected chi connectivity index (χ2v) is 4.71. The molecule has 0 aromatic heterocycles. The Hall–Kier alpha value is -0.630. The molecule has 2 atom stereocenters. The van der Waals surface area contributed by atoms with Gasteiger partial charge < -0.3 is 5.11 Å². The summed E-state index contributed by atoms with van der Waals surface area (Å²) >= 11 is 0. The topological polar surface area (TPSA) is 37.3 Å². The molecule has 0 aromatic carbocycles. The number of aliphatic hydroxyl groups excluding tert-OH is 1. The maximum Gasteiger partial charge on any atom is 0.137 e. The molecule has 0 aromatic rings. The molecule has 0 aliphatic heterocycles. The maximum atomic E-state index is 11.4. The number of ketones is 1. The van der Waals surface area contributed by atoms with Crippen LogP contribution in [0.15, 0.2) is 11.6 Å². The Morgan fingerprint density at radius 3 is 2.54 bits per heavy atom. The van der Waals surface area contributed by atoms with Gasteiger partial charge in [-0.05, 0) is 25.7 Å². The van der Waals surface area contributed by atoms with Crippen molar-refractivity contribution in [3.63, 3.8) is 0 Å². The Morgan fingerprint density at radius 2 is 2.15 bits per heavy atom. The molecule has 1 rings (SSSR count). The van der Waals surface area contributed by atoms with Crippen LogP contribution < -0.4 is 0 Å². The first kappa shape index (κ1) is 10.5. The minimum absolute atomic E-state index is 0.0177. The lowest BCUT2D eigenvalue weighted by molar-refractivity contribution is -0.123. The Labute approximate surface area is 79.6 Å². The van der Waals surface area contributed by atoms with E-state index in [1.54, 1.807) is 13.0 Å². The molecule has 0 heterocycles. The second-order valence-electron chi connectivity index (χ2n) is 4.71. The number of Topliss-reactive ketones (excluding diaryl/α,β-unsaturated/α-hetero) is 1. The molecule has 74 valence electrons. The first-order chi connectivity index (χ1) is 5.84. The molecule has 0 bridgehead atoms. The van der Waals surface area contributed by atoms with Crippen molar-refractivity contribution in [1.82, 2.24) is 0 Å². The Balaban J connectivity index is 3.03. The van der Waals surface area contributed by atoms with Crippen LogP contribution in [0.1, 0.15) is 34.1 Å². The molecule has 1 aliphatic rings. The third-order valence-electron chi connectivity index (χ3n) is 2.83. The third-order valence-corrected chi connectivity index (χ3v) is 2.83. The number of allylic oxidation sites excluding steroid dienone is 1. The van der Waals surface area contributed by atoms with Gasteiger partial charge in [0.1, 0.15) is 5.78 Å². The van der Waals surface area contributed by atoms with Crippen LogP contribution in [0, 0.1) is 11.3 Å². The van der Waals surface area contributed by atoms with Gasteiger partial charge in [0.15, 0.2) is 0 Å². The highest BCUT2D eigenvalue weighted by Crippen LogP contribution is 2.41. The summed E-state index contributed by atoms with van der Waals surface area (Å²) in [7, 11) is 0. The van der Waals surface area contributed by atoms with E-state index < -0.39 is 0 Å². The van der Waals surface area contributed by atoms with Crippen molar-refractivity contribution in [2.45, 2.75) is 40.2 Å². The van der Waals surface area contributed by atoms with Crippen molar-refractivity contribution in [2.75, 3.05) is 0 Å². The lowest BCUT2D eigenvalue weighted by atomic mass is 9.66. The van der Waals surface area contributed by atoms with E-state index >= 15 is 0 Å². The van der Waals surface area contributed by atoms with Crippen molar-refractivity contribution >= 4 is 5.78 Å². The van der Waals surface area contributed by atoms with Gasteiger partial charge in [-0.2, -0.15) is 0 Å². The van der Waals surface area contributed by atoms with Crippen molar-refractivity contribution < 1.29 is 9.90 Å². The van der Waals surface area contributed by atoms with E-state index in [0.717, 1.165) is 5.57 Å². The second kappa shape index (κ2) is 3.26. The van der Waals surface area contributed by atoms with E-state index in [0.29, 0.717) is 6.42 Å². The number of carbonyl (C=O) groups is 1. The molecular weight excluding hydrogens is 164 g/mol. The zero-order valence-corrected chi connectivity index (χ0v) is 8.79. The summed E-state index contributed by atoms with van der Waals surface area (Å²) in [6.07, 6.45) is 2.09. The standard InChI is InChI=1S/C11H18O2/c1-7-5-9(13)6-11(3,4)10(7)8(2)12/h5,9-10,13H,6H2,1-4H3. The highest BCUT2D eigenvalue weighted by atomic mass is 16.3. The normalized spacial score (nSPS) is 32.5. The van der Waals surface area contributed by atoms with Gasteiger partial charge in [0.25, 0.3) is 0 Å². The van der Waals surface area contributed by atoms with E-state index in [1.165, 1.54) is 0 Å². The van der Waals surface area contributed by atoms with Crippen molar-refractivity contribution in [1.29, 1.82) is 0 Å². The summed E-state index contributed by atoms with van der Waals surface area (Å²) in [5.41, 5.74) is 0.903. The van der Waals surface area contributed by atoms with Gasteiger partial charge >= 0.3 is 0 Å². The molecule has 0 spiro atoms. The predicted octanol–water partition coefficient (Wildman–Crippen LogP) is 1.93. The van der Waals surface area contributed by atoms with Gasteiger partial charge in [-0.3, -0.25) is 4.79 Å². The quantitative estimate of drug-likeness (QED) is 0.629. The fraction of sp³-hybridized carbons (Fsp3) is 0.727. The molecule has 0 saturated heterocycles. The van der Waals surface area contributed by atoms with Crippen LogP contribution in [0.5, 0.6) is 0 Å². The van der Waals surface area contributed by atoms with E-state index in [-0.39, 0.29) is 23.2 Å². The van der Waals surface area contributed by atoms with Crippen molar-refractivity contribution in [3.8, 4) is 0 Å². The molecular formula is C11H18O2. The Morgan fingerprint density at radius 1 is 1.62 bits per heavy atom. The van der Waals surface area contributed by atoms with Crippen LogP contribution in [0.4, 0.5) is 0 Å². The summed E-state index contributed by atoms with van der Waals surface area (Å²) in [6.45, 7) is 7.63. The van der Waals surface area contributed by atoms with Crippen LogP contribution in [0.25, 0.3) is 0 Å². The largest absolute Gasteiger partial charge is 0.389 e. The van der Waals surface area contributed by atoms with Crippen LogP contribution in [0.3, 0.4) is 0 Å². The molecule has 13 heavy (non-hydrogen) atoms. The third kappa shape index (κ3) is 1.99. The molecule has 0 radical (unpaired) electrons. The molecule has 1 N–H and O–H groups in total. The molecule has 2 nitrogen and oxygen atoms in total. The summed E-state index contributed by atoms with van der Waals surface area (Å²) in [6, 6.07) is 0. The fourth-order valence-electron chi connectivity index (χ4n) is 2.60. The van der Waals surface area contributed by atoms with Crippen LogP contribution in [-0.2, 0) is 4.79 Å². The average Bonchev–Trinajstić information content (AvgIpc) is 1.78. The molecule has 2 heteroatoms. The summed E-state index contributed by atoms with van der Waals surface area (Å²) in [5, 5.41) is 9.53. The maximum absolute atomic E-state index is 11.4. The molecule has 2 unspecified atom stereocenters. The highest BCUT2D eigenvalue weighted by molar-refractivity contribution is 5.82. The molecule has 1 aliphatic carbocycles. The summed E-state index contributed by atoms with van der Waals surface area (Å²) in [5.74, 6) is 0.182. The number of hydrogen-bond acceptors (Lipinski definition) is 2. The summed E-state index contributed by atoms with van der Waals surface area (Å²) in [4.78, 5) is 11.4. The molecule has 0 amide bonds. The zero-order valence-electron chi connectivity index (χ0n) is 8.79. The number of hydrogen-bond donors (Lipinski definition) is 1. The van der Waals surface area contributed by atoms with Gasteiger partial charge in [0, 0.05) is 5.92 Å².